The van der Waals surface area contributed by atoms with Crippen LogP contribution < -0.4 is 10.1 Å². The minimum Gasteiger partial charge on any atom is -0.478 e. The molecule has 4 aromatic rings. The van der Waals surface area contributed by atoms with E-state index in [9.17, 15) is 14.7 Å². The second-order valence-corrected chi connectivity index (χ2v) is 6.41. The van der Waals surface area contributed by atoms with Gasteiger partial charge in [0.15, 0.2) is 0 Å². The van der Waals surface area contributed by atoms with Gasteiger partial charge in [-0.1, -0.05) is 48.5 Å². The summed E-state index contributed by atoms with van der Waals surface area (Å²) >= 11 is 0. The fourth-order valence-corrected chi connectivity index (χ4v) is 3.06. The maximum Gasteiger partial charge on any atom is 0.337 e. The Balaban J connectivity index is 1.52. The van der Waals surface area contributed by atoms with Crippen LogP contribution in [0.2, 0.25) is 0 Å². The van der Waals surface area contributed by atoms with Crippen molar-refractivity contribution < 1.29 is 19.4 Å². The number of nitrogens with one attached hydrogen (secondary N) is 1. The van der Waals surface area contributed by atoms with Crippen LogP contribution in [-0.4, -0.2) is 17.0 Å². The lowest BCUT2D eigenvalue weighted by Crippen LogP contribution is -2.14. The van der Waals surface area contributed by atoms with Gasteiger partial charge in [0.1, 0.15) is 11.5 Å². The molecule has 29 heavy (non-hydrogen) atoms. The van der Waals surface area contributed by atoms with Crippen molar-refractivity contribution in [3.05, 3.63) is 102 Å². The number of carbonyl (C=O) groups is 2. The number of aromatic carboxylic acids is 1. The molecule has 5 heteroatoms. The lowest BCUT2D eigenvalue weighted by atomic mass is 10.1. The quantitative estimate of drug-likeness (QED) is 0.471. The molecule has 0 unspecified atom stereocenters. The molecule has 0 atom stereocenters. The van der Waals surface area contributed by atoms with Crippen molar-refractivity contribution in [3.63, 3.8) is 0 Å². The molecule has 0 aliphatic heterocycles. The molecule has 0 bridgehead atoms. The Hall–Kier alpha value is -4.12. The number of rotatable bonds is 5. The number of carbonyl (C=O) groups excluding carboxylic acids is 1. The number of anilines is 1. The summed E-state index contributed by atoms with van der Waals surface area (Å²) < 4.78 is 5.99. The normalized spacial score (nSPS) is 10.5. The van der Waals surface area contributed by atoms with E-state index in [0.29, 0.717) is 11.3 Å². The van der Waals surface area contributed by atoms with Gasteiger partial charge in [-0.3, -0.25) is 4.79 Å². The summed E-state index contributed by atoms with van der Waals surface area (Å²) in [5.74, 6) is -0.158. The number of benzene rings is 4. The summed E-state index contributed by atoms with van der Waals surface area (Å²) in [6, 6.07) is 26.8. The van der Waals surface area contributed by atoms with Crippen LogP contribution in [-0.2, 0) is 0 Å². The summed E-state index contributed by atoms with van der Waals surface area (Å²) in [7, 11) is 0. The molecule has 4 rings (SSSR count). The number of carboxylic acid groups (broad SMARTS) is 1. The van der Waals surface area contributed by atoms with E-state index in [-0.39, 0.29) is 11.3 Å². The van der Waals surface area contributed by atoms with Crippen LogP contribution in [0.1, 0.15) is 20.7 Å². The van der Waals surface area contributed by atoms with Gasteiger partial charge in [-0.2, -0.15) is 0 Å². The third-order valence-electron chi connectivity index (χ3n) is 4.50. The van der Waals surface area contributed by atoms with Gasteiger partial charge in [0, 0.05) is 10.9 Å². The van der Waals surface area contributed by atoms with Crippen LogP contribution >= 0.6 is 0 Å². The van der Waals surface area contributed by atoms with Crippen LogP contribution in [0.4, 0.5) is 5.69 Å². The van der Waals surface area contributed by atoms with Crippen molar-refractivity contribution in [1.29, 1.82) is 0 Å². The summed E-state index contributed by atoms with van der Waals surface area (Å²) in [5, 5.41) is 14.0. The molecule has 5 nitrogen and oxygen atoms in total. The van der Waals surface area contributed by atoms with Crippen molar-refractivity contribution >= 4 is 28.3 Å². The maximum absolute atomic E-state index is 12.5. The van der Waals surface area contributed by atoms with E-state index in [2.05, 4.69) is 5.32 Å². The lowest BCUT2D eigenvalue weighted by molar-refractivity contribution is 0.0698. The Morgan fingerprint density at radius 1 is 0.759 bits per heavy atom. The minimum atomic E-state index is -1.10. The van der Waals surface area contributed by atoms with Crippen molar-refractivity contribution in [2.24, 2.45) is 0 Å². The first-order chi connectivity index (χ1) is 14.1. The molecule has 0 fully saturated rings. The number of ether oxygens (including phenoxy) is 1. The van der Waals surface area contributed by atoms with Crippen LogP contribution in [0.5, 0.6) is 11.5 Å². The standard InChI is InChI=1S/C24H17NO4/c26-23(25-21-10-4-3-9-20(21)24(27)28)17-12-14-18(15-13-17)29-22-11-5-7-16-6-1-2-8-19(16)22/h1-15H,(H,25,26)(H,27,28). The van der Waals surface area contributed by atoms with Gasteiger partial charge in [-0.15, -0.1) is 0 Å². The SMILES string of the molecule is O=C(Nc1ccccc1C(=O)O)c1ccc(Oc2cccc3ccccc23)cc1. The summed E-state index contributed by atoms with van der Waals surface area (Å²) in [5.41, 5.74) is 0.688. The Labute approximate surface area is 167 Å². The Morgan fingerprint density at radius 3 is 2.24 bits per heavy atom. The van der Waals surface area contributed by atoms with Gasteiger partial charge < -0.3 is 15.2 Å². The summed E-state index contributed by atoms with van der Waals surface area (Å²) in [6.45, 7) is 0. The van der Waals surface area contributed by atoms with Crippen molar-refractivity contribution in [1.82, 2.24) is 0 Å². The first-order valence-electron chi connectivity index (χ1n) is 9.01. The fourth-order valence-electron chi connectivity index (χ4n) is 3.06. The highest BCUT2D eigenvalue weighted by molar-refractivity contribution is 6.07. The van der Waals surface area contributed by atoms with E-state index in [1.165, 1.54) is 6.07 Å². The van der Waals surface area contributed by atoms with E-state index < -0.39 is 11.9 Å². The third-order valence-corrected chi connectivity index (χ3v) is 4.50. The molecule has 0 saturated carbocycles. The van der Waals surface area contributed by atoms with Crippen molar-refractivity contribution in [2.75, 3.05) is 5.32 Å². The number of carboxylic acids is 1. The lowest BCUT2D eigenvalue weighted by Gasteiger charge is -2.10. The molecule has 142 valence electrons. The number of hydrogen-bond acceptors (Lipinski definition) is 3. The molecular weight excluding hydrogens is 366 g/mol. The first-order valence-corrected chi connectivity index (χ1v) is 9.01. The Bertz CT molecular complexity index is 1190. The summed E-state index contributed by atoms with van der Waals surface area (Å²) in [6.07, 6.45) is 0. The molecule has 0 spiro atoms. The minimum absolute atomic E-state index is 0.0387. The zero-order valence-electron chi connectivity index (χ0n) is 15.3. The summed E-state index contributed by atoms with van der Waals surface area (Å²) in [4.78, 5) is 23.8. The number of hydrogen-bond donors (Lipinski definition) is 2. The highest BCUT2D eigenvalue weighted by Crippen LogP contribution is 2.30. The molecule has 1 amide bonds. The van der Waals surface area contributed by atoms with Gasteiger partial charge in [0.25, 0.3) is 5.91 Å². The topological polar surface area (TPSA) is 75.6 Å². The zero-order chi connectivity index (χ0) is 20.2. The van der Waals surface area contributed by atoms with Crippen LogP contribution in [0.15, 0.2) is 91.0 Å². The predicted octanol–water partition coefficient (Wildman–Crippen LogP) is 5.58. The van der Waals surface area contributed by atoms with Gasteiger partial charge in [0.05, 0.1) is 11.3 Å². The molecular formula is C24H17NO4. The fraction of sp³-hybridized carbons (Fsp3) is 0. The molecule has 4 aromatic carbocycles. The van der Waals surface area contributed by atoms with E-state index in [1.807, 2.05) is 42.5 Å². The average molecular weight is 383 g/mol. The van der Waals surface area contributed by atoms with E-state index in [1.54, 1.807) is 42.5 Å². The zero-order valence-corrected chi connectivity index (χ0v) is 15.3. The monoisotopic (exact) mass is 383 g/mol. The maximum atomic E-state index is 12.5. The highest BCUT2D eigenvalue weighted by atomic mass is 16.5. The second kappa shape index (κ2) is 7.86. The van der Waals surface area contributed by atoms with Gasteiger partial charge in [-0.05, 0) is 47.9 Å². The number of fused-ring (bicyclic) bond motifs is 1. The van der Waals surface area contributed by atoms with Crippen LogP contribution in [0, 0.1) is 0 Å². The van der Waals surface area contributed by atoms with Crippen molar-refractivity contribution in [2.45, 2.75) is 0 Å². The molecule has 0 saturated heterocycles. The van der Waals surface area contributed by atoms with Crippen LogP contribution in [0.25, 0.3) is 10.8 Å². The van der Waals surface area contributed by atoms with Gasteiger partial charge in [0.2, 0.25) is 0 Å². The van der Waals surface area contributed by atoms with E-state index in [4.69, 9.17) is 4.74 Å². The Morgan fingerprint density at radius 2 is 1.45 bits per heavy atom. The van der Waals surface area contributed by atoms with Gasteiger partial charge in [-0.25, -0.2) is 4.79 Å². The predicted molar refractivity (Wildman–Crippen MR) is 112 cm³/mol. The molecule has 0 aromatic heterocycles. The molecule has 0 heterocycles. The molecule has 0 radical (unpaired) electrons. The first kappa shape index (κ1) is 18.3. The van der Waals surface area contributed by atoms with Crippen LogP contribution in [0.3, 0.4) is 0 Å². The van der Waals surface area contributed by atoms with E-state index in [0.717, 1.165) is 16.5 Å². The van der Waals surface area contributed by atoms with E-state index >= 15 is 0 Å². The molecule has 0 aliphatic carbocycles. The van der Waals surface area contributed by atoms with Crippen molar-refractivity contribution in [3.8, 4) is 11.5 Å². The number of para-hydroxylation sites is 1. The second-order valence-electron chi connectivity index (χ2n) is 6.41. The third kappa shape index (κ3) is 3.94. The smallest absolute Gasteiger partial charge is 0.337 e. The molecule has 2 N–H and O–H groups in total. The average Bonchev–Trinajstić information content (AvgIpc) is 2.75. The molecule has 0 aliphatic rings. The highest BCUT2D eigenvalue weighted by Gasteiger charge is 2.13. The Kier molecular flexibility index (Phi) is 4.95. The largest absolute Gasteiger partial charge is 0.478 e. The number of amides is 1. The van der Waals surface area contributed by atoms with Gasteiger partial charge >= 0.3 is 5.97 Å².